The van der Waals surface area contributed by atoms with Crippen molar-refractivity contribution in [2.45, 2.75) is 45.4 Å². The molecule has 0 aromatic heterocycles. The SMILES string of the molecule is CC(C)(C)c1ccc(Br)c2c1C(C)(C)c1cc(Cl)ccc1-2. The second-order valence-corrected chi connectivity index (χ2v) is 8.70. The third kappa shape index (κ3) is 2.17. The Labute approximate surface area is 140 Å². The van der Waals surface area contributed by atoms with Crippen molar-refractivity contribution in [2.24, 2.45) is 0 Å². The first-order chi connectivity index (χ1) is 9.64. The van der Waals surface area contributed by atoms with Gasteiger partial charge in [0.25, 0.3) is 0 Å². The molecule has 3 rings (SSSR count). The predicted molar refractivity (Wildman–Crippen MR) is 95.4 cm³/mol. The third-order valence-corrected chi connectivity index (χ3v) is 5.41. The molecule has 1 aliphatic rings. The van der Waals surface area contributed by atoms with E-state index in [0.717, 1.165) is 5.02 Å². The molecule has 0 saturated heterocycles. The molecular weight excluding hydrogens is 344 g/mol. The highest BCUT2D eigenvalue weighted by Gasteiger charge is 2.40. The molecule has 0 fully saturated rings. The highest BCUT2D eigenvalue weighted by Crippen LogP contribution is 2.54. The van der Waals surface area contributed by atoms with Crippen molar-refractivity contribution in [3.05, 3.63) is 56.5 Å². The average Bonchev–Trinajstić information content (AvgIpc) is 2.59. The maximum absolute atomic E-state index is 6.25. The van der Waals surface area contributed by atoms with Gasteiger partial charge in [0.1, 0.15) is 0 Å². The Balaban J connectivity index is 2.44. The van der Waals surface area contributed by atoms with Gasteiger partial charge in [0, 0.05) is 20.5 Å². The van der Waals surface area contributed by atoms with Gasteiger partial charge in [0.15, 0.2) is 0 Å². The van der Waals surface area contributed by atoms with Gasteiger partial charge in [0.2, 0.25) is 0 Å². The van der Waals surface area contributed by atoms with Crippen LogP contribution in [0, 0.1) is 0 Å². The Hall–Kier alpha value is -0.790. The lowest BCUT2D eigenvalue weighted by Gasteiger charge is -2.30. The summed E-state index contributed by atoms with van der Waals surface area (Å²) in [5.41, 5.74) is 6.90. The number of benzene rings is 2. The van der Waals surface area contributed by atoms with E-state index in [1.807, 2.05) is 6.07 Å². The van der Waals surface area contributed by atoms with Gasteiger partial charge in [-0.3, -0.25) is 0 Å². The topological polar surface area (TPSA) is 0 Å². The van der Waals surface area contributed by atoms with E-state index in [4.69, 9.17) is 11.6 Å². The second-order valence-electron chi connectivity index (χ2n) is 7.41. The van der Waals surface area contributed by atoms with E-state index in [1.165, 1.54) is 32.3 Å². The molecule has 0 spiro atoms. The summed E-state index contributed by atoms with van der Waals surface area (Å²) in [6, 6.07) is 10.7. The van der Waals surface area contributed by atoms with Crippen LogP contribution in [0.15, 0.2) is 34.8 Å². The number of halogens is 2. The van der Waals surface area contributed by atoms with Crippen LogP contribution < -0.4 is 0 Å². The average molecular weight is 364 g/mol. The number of rotatable bonds is 0. The molecule has 0 heterocycles. The van der Waals surface area contributed by atoms with E-state index in [1.54, 1.807) is 0 Å². The van der Waals surface area contributed by atoms with Gasteiger partial charge in [-0.05, 0) is 45.9 Å². The summed E-state index contributed by atoms with van der Waals surface area (Å²) >= 11 is 10.0. The van der Waals surface area contributed by atoms with E-state index in [-0.39, 0.29) is 10.8 Å². The van der Waals surface area contributed by atoms with Crippen LogP contribution in [0.5, 0.6) is 0 Å². The lowest BCUT2D eigenvalue weighted by molar-refractivity contribution is 0.556. The standard InChI is InChI=1S/C19H20BrCl/c1-18(2,3)13-8-9-15(20)16-12-7-6-11(21)10-14(12)19(4,5)17(13)16/h6-10H,1-5H3. The first-order valence-corrected chi connectivity index (χ1v) is 8.45. The fourth-order valence-corrected chi connectivity index (χ4v) is 4.22. The smallest absolute Gasteiger partial charge is 0.0409 e. The van der Waals surface area contributed by atoms with E-state index in [0.29, 0.717) is 0 Å². The summed E-state index contributed by atoms with van der Waals surface area (Å²) < 4.78 is 1.17. The third-order valence-electron chi connectivity index (χ3n) is 4.51. The van der Waals surface area contributed by atoms with Crippen LogP contribution in [0.2, 0.25) is 5.02 Å². The molecule has 0 unspecified atom stereocenters. The molecule has 0 bridgehead atoms. The second kappa shape index (κ2) is 4.60. The maximum Gasteiger partial charge on any atom is 0.0409 e. The Bertz CT molecular complexity index is 736. The Kier molecular flexibility index (Phi) is 3.31. The zero-order valence-electron chi connectivity index (χ0n) is 13.1. The molecule has 0 amide bonds. The molecule has 0 nitrogen and oxygen atoms in total. The van der Waals surface area contributed by atoms with E-state index in [9.17, 15) is 0 Å². The summed E-state index contributed by atoms with van der Waals surface area (Å²) in [6.45, 7) is 11.4. The Morgan fingerprint density at radius 1 is 1.05 bits per heavy atom. The highest BCUT2D eigenvalue weighted by atomic mass is 79.9. The van der Waals surface area contributed by atoms with Crippen molar-refractivity contribution in [2.75, 3.05) is 0 Å². The molecule has 2 aromatic carbocycles. The van der Waals surface area contributed by atoms with Gasteiger partial charge in [-0.15, -0.1) is 0 Å². The van der Waals surface area contributed by atoms with Gasteiger partial charge >= 0.3 is 0 Å². The lowest BCUT2D eigenvalue weighted by atomic mass is 9.74. The van der Waals surface area contributed by atoms with Crippen molar-refractivity contribution >= 4 is 27.5 Å². The molecule has 0 aliphatic heterocycles. The van der Waals surface area contributed by atoms with Crippen molar-refractivity contribution < 1.29 is 0 Å². The van der Waals surface area contributed by atoms with Crippen molar-refractivity contribution in [1.82, 2.24) is 0 Å². The fraction of sp³-hybridized carbons (Fsp3) is 0.368. The molecular formula is C19H20BrCl. The molecule has 2 heteroatoms. The van der Waals surface area contributed by atoms with E-state index < -0.39 is 0 Å². The van der Waals surface area contributed by atoms with Crippen LogP contribution in [0.1, 0.15) is 51.3 Å². The number of hydrogen-bond acceptors (Lipinski definition) is 0. The minimum atomic E-state index is -0.0258. The normalized spacial score (nSPS) is 15.8. The van der Waals surface area contributed by atoms with Gasteiger partial charge in [-0.2, -0.15) is 0 Å². The zero-order chi connectivity index (χ0) is 15.6. The fourth-order valence-electron chi connectivity index (χ4n) is 3.50. The molecule has 0 N–H and O–H groups in total. The van der Waals surface area contributed by atoms with Crippen LogP contribution in [0.25, 0.3) is 11.1 Å². The molecule has 2 aromatic rings. The van der Waals surface area contributed by atoms with Gasteiger partial charge in [0.05, 0.1) is 0 Å². The lowest BCUT2D eigenvalue weighted by Crippen LogP contribution is -2.23. The van der Waals surface area contributed by atoms with Crippen LogP contribution in [-0.2, 0) is 10.8 Å². The molecule has 0 atom stereocenters. The summed E-state index contributed by atoms with van der Waals surface area (Å²) in [5, 5.41) is 0.808. The van der Waals surface area contributed by atoms with E-state index in [2.05, 4.69) is 74.8 Å². The van der Waals surface area contributed by atoms with Gasteiger partial charge in [-0.1, -0.05) is 74.3 Å². The molecule has 0 radical (unpaired) electrons. The van der Waals surface area contributed by atoms with Crippen LogP contribution >= 0.6 is 27.5 Å². The van der Waals surface area contributed by atoms with Crippen LogP contribution in [0.3, 0.4) is 0 Å². The minimum Gasteiger partial charge on any atom is -0.0843 e. The molecule has 110 valence electrons. The van der Waals surface area contributed by atoms with Crippen molar-refractivity contribution in [1.29, 1.82) is 0 Å². The van der Waals surface area contributed by atoms with Crippen molar-refractivity contribution in [3.63, 3.8) is 0 Å². The van der Waals surface area contributed by atoms with Gasteiger partial charge < -0.3 is 0 Å². The Morgan fingerprint density at radius 2 is 1.71 bits per heavy atom. The van der Waals surface area contributed by atoms with Gasteiger partial charge in [-0.25, -0.2) is 0 Å². The zero-order valence-corrected chi connectivity index (χ0v) is 15.5. The highest BCUT2D eigenvalue weighted by molar-refractivity contribution is 9.10. The van der Waals surface area contributed by atoms with E-state index >= 15 is 0 Å². The monoisotopic (exact) mass is 362 g/mol. The van der Waals surface area contributed by atoms with Crippen molar-refractivity contribution in [3.8, 4) is 11.1 Å². The maximum atomic E-state index is 6.25. The predicted octanol–water partition coefficient (Wildman–Crippen LogP) is 6.71. The summed E-state index contributed by atoms with van der Waals surface area (Å²) in [4.78, 5) is 0. The first kappa shape index (κ1) is 15.1. The summed E-state index contributed by atoms with van der Waals surface area (Å²) in [5.74, 6) is 0. The van der Waals surface area contributed by atoms with Crippen LogP contribution in [-0.4, -0.2) is 0 Å². The summed E-state index contributed by atoms with van der Waals surface area (Å²) in [6.07, 6.45) is 0. The van der Waals surface area contributed by atoms with Crippen LogP contribution in [0.4, 0.5) is 0 Å². The number of fused-ring (bicyclic) bond motifs is 3. The minimum absolute atomic E-state index is 0.0258. The summed E-state index contributed by atoms with van der Waals surface area (Å²) in [7, 11) is 0. The molecule has 21 heavy (non-hydrogen) atoms. The molecule has 1 aliphatic carbocycles. The first-order valence-electron chi connectivity index (χ1n) is 7.28. The quantitative estimate of drug-likeness (QED) is 0.488. The number of hydrogen-bond donors (Lipinski definition) is 0. The largest absolute Gasteiger partial charge is 0.0843 e. The molecule has 0 saturated carbocycles. The Morgan fingerprint density at radius 3 is 2.33 bits per heavy atom.